The smallest absolute Gasteiger partial charge is 0.276 e. The monoisotopic (exact) mass is 356 g/mol. The van der Waals surface area contributed by atoms with Crippen LogP contribution < -0.4 is 9.47 Å². The molecule has 0 spiro atoms. The Labute approximate surface area is 150 Å². The summed E-state index contributed by atoms with van der Waals surface area (Å²) in [7, 11) is 5.11. The zero-order valence-electron chi connectivity index (χ0n) is 14.9. The van der Waals surface area contributed by atoms with E-state index in [4.69, 9.17) is 14.0 Å². The maximum atomic E-state index is 12.5. The standard InChI is InChI=1S/C18H20N4O4/c1-21(10-13-9-19-22(2)11-13)18(23)15-8-14(26-20-15)12-25-17-7-5-4-6-16(17)24-3/h4-9,11H,10,12H2,1-3H3. The van der Waals surface area contributed by atoms with Crippen molar-refractivity contribution in [2.75, 3.05) is 14.2 Å². The van der Waals surface area contributed by atoms with E-state index in [9.17, 15) is 4.79 Å². The summed E-state index contributed by atoms with van der Waals surface area (Å²) in [6, 6.07) is 8.88. The van der Waals surface area contributed by atoms with E-state index in [1.165, 1.54) is 0 Å². The van der Waals surface area contributed by atoms with Crippen LogP contribution in [0.4, 0.5) is 0 Å². The van der Waals surface area contributed by atoms with Gasteiger partial charge in [-0.2, -0.15) is 5.10 Å². The molecule has 0 aliphatic heterocycles. The first-order valence-electron chi connectivity index (χ1n) is 8.01. The van der Waals surface area contributed by atoms with Gasteiger partial charge in [-0.15, -0.1) is 0 Å². The number of hydrogen-bond donors (Lipinski definition) is 0. The van der Waals surface area contributed by atoms with Crippen LogP contribution in [0.25, 0.3) is 0 Å². The van der Waals surface area contributed by atoms with E-state index < -0.39 is 0 Å². The van der Waals surface area contributed by atoms with Gasteiger partial charge in [-0.25, -0.2) is 0 Å². The number of amides is 1. The second kappa shape index (κ2) is 7.73. The fraction of sp³-hybridized carbons (Fsp3) is 0.278. The van der Waals surface area contributed by atoms with Crippen LogP contribution in [-0.2, 0) is 20.2 Å². The molecule has 0 unspecified atom stereocenters. The minimum Gasteiger partial charge on any atom is -0.493 e. The Kier molecular flexibility index (Phi) is 5.21. The van der Waals surface area contributed by atoms with Gasteiger partial charge in [0.1, 0.15) is 6.61 Å². The number of nitrogens with zero attached hydrogens (tertiary/aromatic N) is 4. The van der Waals surface area contributed by atoms with E-state index in [1.807, 2.05) is 25.4 Å². The number of ether oxygens (including phenoxy) is 2. The average Bonchev–Trinajstić information content (AvgIpc) is 3.28. The molecule has 8 heteroatoms. The quantitative estimate of drug-likeness (QED) is 0.646. The Hall–Kier alpha value is -3.29. The first-order chi connectivity index (χ1) is 12.6. The van der Waals surface area contributed by atoms with Gasteiger partial charge < -0.3 is 18.9 Å². The highest BCUT2D eigenvalue weighted by Crippen LogP contribution is 2.26. The molecule has 0 saturated heterocycles. The SMILES string of the molecule is COc1ccccc1OCc1cc(C(=O)N(C)Cc2cnn(C)c2)no1. The molecule has 0 radical (unpaired) electrons. The molecule has 26 heavy (non-hydrogen) atoms. The summed E-state index contributed by atoms with van der Waals surface area (Å²) in [4.78, 5) is 14.0. The van der Waals surface area contributed by atoms with E-state index in [0.29, 0.717) is 23.8 Å². The van der Waals surface area contributed by atoms with Crippen LogP contribution in [0, 0.1) is 0 Å². The third kappa shape index (κ3) is 4.02. The van der Waals surface area contributed by atoms with Crippen LogP contribution in [0.2, 0.25) is 0 Å². The van der Waals surface area contributed by atoms with Crippen molar-refractivity contribution in [3.05, 3.63) is 59.7 Å². The van der Waals surface area contributed by atoms with Crippen molar-refractivity contribution in [2.24, 2.45) is 7.05 Å². The first-order valence-corrected chi connectivity index (χ1v) is 8.01. The van der Waals surface area contributed by atoms with Crippen molar-refractivity contribution in [3.63, 3.8) is 0 Å². The highest BCUT2D eigenvalue weighted by molar-refractivity contribution is 5.92. The van der Waals surface area contributed by atoms with Gasteiger partial charge in [-0.3, -0.25) is 9.48 Å². The van der Waals surface area contributed by atoms with Gasteiger partial charge in [0.15, 0.2) is 23.0 Å². The van der Waals surface area contributed by atoms with Gasteiger partial charge in [0.2, 0.25) is 0 Å². The average molecular weight is 356 g/mol. The lowest BCUT2D eigenvalue weighted by atomic mass is 10.3. The number of aryl methyl sites for hydroxylation is 1. The fourth-order valence-corrected chi connectivity index (χ4v) is 2.46. The number of para-hydroxylation sites is 2. The molecule has 0 aliphatic carbocycles. The normalized spacial score (nSPS) is 10.6. The van der Waals surface area contributed by atoms with Crippen molar-refractivity contribution in [1.29, 1.82) is 0 Å². The van der Waals surface area contributed by atoms with E-state index in [-0.39, 0.29) is 18.2 Å². The lowest BCUT2D eigenvalue weighted by molar-refractivity contribution is 0.0774. The Morgan fingerprint density at radius 1 is 1.31 bits per heavy atom. The summed E-state index contributed by atoms with van der Waals surface area (Å²) in [6.45, 7) is 0.583. The number of carbonyl (C=O) groups excluding carboxylic acids is 1. The van der Waals surface area contributed by atoms with Crippen LogP contribution >= 0.6 is 0 Å². The molecule has 3 rings (SSSR count). The lowest BCUT2D eigenvalue weighted by Crippen LogP contribution is -2.26. The van der Waals surface area contributed by atoms with Crippen molar-refractivity contribution in [3.8, 4) is 11.5 Å². The number of carbonyl (C=O) groups is 1. The van der Waals surface area contributed by atoms with Crippen LogP contribution in [0.3, 0.4) is 0 Å². The summed E-state index contributed by atoms with van der Waals surface area (Å²) in [5.41, 5.74) is 1.17. The maximum absolute atomic E-state index is 12.5. The second-order valence-electron chi connectivity index (χ2n) is 5.80. The predicted molar refractivity (Wildman–Crippen MR) is 92.8 cm³/mol. The van der Waals surface area contributed by atoms with Crippen LogP contribution in [0.15, 0.2) is 47.2 Å². The van der Waals surface area contributed by atoms with Crippen molar-refractivity contribution < 1.29 is 18.8 Å². The molecule has 136 valence electrons. The van der Waals surface area contributed by atoms with Gasteiger partial charge in [-0.1, -0.05) is 17.3 Å². The molecule has 1 aromatic carbocycles. The van der Waals surface area contributed by atoms with Crippen LogP contribution in [0.1, 0.15) is 21.8 Å². The molecule has 0 N–H and O–H groups in total. The number of hydrogen-bond acceptors (Lipinski definition) is 6. The Bertz CT molecular complexity index is 887. The van der Waals surface area contributed by atoms with Gasteiger partial charge in [0.25, 0.3) is 5.91 Å². The largest absolute Gasteiger partial charge is 0.493 e. The zero-order valence-corrected chi connectivity index (χ0v) is 14.9. The molecular weight excluding hydrogens is 336 g/mol. The molecule has 0 aliphatic rings. The third-order valence-corrected chi connectivity index (χ3v) is 3.74. The number of rotatable bonds is 7. The Morgan fingerprint density at radius 3 is 2.77 bits per heavy atom. The highest BCUT2D eigenvalue weighted by Gasteiger charge is 2.18. The third-order valence-electron chi connectivity index (χ3n) is 3.74. The van der Waals surface area contributed by atoms with Crippen LogP contribution in [-0.4, -0.2) is 39.9 Å². The molecule has 0 atom stereocenters. The van der Waals surface area contributed by atoms with E-state index in [1.54, 1.807) is 48.1 Å². The molecule has 2 heterocycles. The molecule has 0 saturated carbocycles. The Balaban J connectivity index is 1.60. The second-order valence-corrected chi connectivity index (χ2v) is 5.80. The number of methoxy groups -OCH3 is 1. The molecule has 8 nitrogen and oxygen atoms in total. The molecule has 2 aromatic heterocycles. The first kappa shape index (κ1) is 17.5. The van der Waals surface area contributed by atoms with E-state index in [0.717, 1.165) is 5.56 Å². The van der Waals surface area contributed by atoms with Crippen molar-refractivity contribution in [2.45, 2.75) is 13.2 Å². The minimum absolute atomic E-state index is 0.146. The topological polar surface area (TPSA) is 82.6 Å². The van der Waals surface area contributed by atoms with E-state index in [2.05, 4.69) is 10.3 Å². The molecule has 0 bridgehead atoms. The number of benzene rings is 1. The number of aromatic nitrogens is 3. The predicted octanol–water partition coefficient (Wildman–Crippen LogP) is 2.27. The molecule has 0 fully saturated rings. The Morgan fingerprint density at radius 2 is 2.08 bits per heavy atom. The summed E-state index contributed by atoms with van der Waals surface area (Å²) in [5.74, 6) is 1.43. The van der Waals surface area contributed by atoms with Gasteiger partial charge in [-0.05, 0) is 12.1 Å². The van der Waals surface area contributed by atoms with Gasteiger partial charge in [0, 0.05) is 38.5 Å². The highest BCUT2D eigenvalue weighted by atomic mass is 16.5. The lowest BCUT2D eigenvalue weighted by Gasteiger charge is -2.13. The molecule has 1 amide bonds. The summed E-state index contributed by atoms with van der Waals surface area (Å²) < 4.78 is 17.8. The summed E-state index contributed by atoms with van der Waals surface area (Å²) in [6.07, 6.45) is 3.58. The van der Waals surface area contributed by atoms with Gasteiger partial charge in [0.05, 0.1) is 13.3 Å². The zero-order chi connectivity index (χ0) is 18.5. The van der Waals surface area contributed by atoms with Crippen molar-refractivity contribution >= 4 is 5.91 Å². The van der Waals surface area contributed by atoms with Crippen molar-refractivity contribution in [1.82, 2.24) is 19.8 Å². The molecule has 3 aromatic rings. The summed E-state index contributed by atoms with van der Waals surface area (Å²) >= 11 is 0. The summed E-state index contributed by atoms with van der Waals surface area (Å²) in [5, 5.41) is 7.93. The molecular formula is C18H20N4O4. The fourth-order valence-electron chi connectivity index (χ4n) is 2.46. The van der Waals surface area contributed by atoms with Crippen LogP contribution in [0.5, 0.6) is 11.5 Å². The van der Waals surface area contributed by atoms with E-state index >= 15 is 0 Å². The minimum atomic E-state index is -0.235. The maximum Gasteiger partial charge on any atom is 0.276 e. The van der Waals surface area contributed by atoms with Gasteiger partial charge >= 0.3 is 0 Å².